The average molecular weight is 238 g/mol. The second kappa shape index (κ2) is 7.01. The van der Waals surface area contributed by atoms with Crippen LogP contribution in [0.4, 0.5) is 10.1 Å². The predicted molar refractivity (Wildman–Crippen MR) is 67.6 cm³/mol. The number of carbonyl (C=O) groups excluding carboxylic acids is 1. The minimum atomic E-state index is -0.363. The molecule has 94 valence electrons. The van der Waals surface area contributed by atoms with Crippen LogP contribution in [0.1, 0.15) is 20.3 Å². The van der Waals surface area contributed by atoms with Crippen molar-refractivity contribution in [3.63, 3.8) is 0 Å². The van der Waals surface area contributed by atoms with Crippen molar-refractivity contribution in [1.29, 1.82) is 0 Å². The number of halogens is 1. The van der Waals surface area contributed by atoms with Crippen LogP contribution in [0.2, 0.25) is 0 Å². The molecule has 1 rings (SSSR count). The van der Waals surface area contributed by atoms with E-state index in [9.17, 15) is 9.18 Å². The number of nitrogens with zero attached hydrogens (tertiary/aromatic N) is 1. The number of rotatable bonds is 6. The van der Waals surface area contributed by atoms with Crippen LogP contribution in [-0.2, 0) is 4.79 Å². The maximum absolute atomic E-state index is 13.6. The lowest BCUT2D eigenvalue weighted by atomic mass is 10.2. The van der Waals surface area contributed by atoms with Crippen molar-refractivity contribution in [2.24, 2.45) is 0 Å². The third kappa shape index (κ3) is 3.82. The van der Waals surface area contributed by atoms with Gasteiger partial charge in [0.15, 0.2) is 0 Å². The fraction of sp³-hybridized carbons (Fsp3) is 0.462. The lowest BCUT2D eigenvalue weighted by Gasteiger charge is -2.21. The number of likely N-dealkylation sites (N-methyl/N-ethyl adjacent to an activating group) is 1. The Bertz CT molecular complexity index is 368. The molecule has 0 radical (unpaired) electrons. The van der Waals surface area contributed by atoms with Crippen molar-refractivity contribution >= 4 is 11.6 Å². The molecular weight excluding hydrogens is 219 g/mol. The van der Waals surface area contributed by atoms with Crippen molar-refractivity contribution < 1.29 is 9.18 Å². The SMILES string of the molecule is CCCNCC(=O)N(CC)c1ccccc1F. The van der Waals surface area contributed by atoms with Crippen LogP contribution < -0.4 is 10.2 Å². The number of hydrogen-bond donors (Lipinski definition) is 1. The Morgan fingerprint density at radius 2 is 2.06 bits per heavy atom. The summed E-state index contributed by atoms with van der Waals surface area (Å²) >= 11 is 0. The van der Waals surface area contributed by atoms with E-state index in [-0.39, 0.29) is 18.3 Å². The number of para-hydroxylation sites is 1. The molecule has 0 saturated heterocycles. The fourth-order valence-corrected chi connectivity index (χ4v) is 1.62. The average Bonchev–Trinajstić information content (AvgIpc) is 2.33. The predicted octanol–water partition coefficient (Wildman–Crippen LogP) is 2.18. The molecule has 0 atom stereocenters. The number of nitrogens with one attached hydrogen (secondary N) is 1. The Labute approximate surface area is 102 Å². The van der Waals surface area contributed by atoms with Gasteiger partial charge < -0.3 is 10.2 Å². The van der Waals surface area contributed by atoms with Gasteiger partial charge in [0.1, 0.15) is 5.82 Å². The van der Waals surface area contributed by atoms with Gasteiger partial charge in [0, 0.05) is 6.54 Å². The molecule has 0 heterocycles. The molecule has 1 N–H and O–H groups in total. The minimum Gasteiger partial charge on any atom is -0.309 e. The van der Waals surface area contributed by atoms with Gasteiger partial charge in [-0.3, -0.25) is 4.79 Å². The summed E-state index contributed by atoms with van der Waals surface area (Å²) in [5.74, 6) is -0.468. The topological polar surface area (TPSA) is 32.3 Å². The van der Waals surface area contributed by atoms with Gasteiger partial charge in [0.25, 0.3) is 0 Å². The van der Waals surface area contributed by atoms with E-state index < -0.39 is 0 Å². The Kier molecular flexibility index (Phi) is 5.63. The van der Waals surface area contributed by atoms with Gasteiger partial charge in [-0.25, -0.2) is 4.39 Å². The van der Waals surface area contributed by atoms with Crippen molar-refractivity contribution in [2.75, 3.05) is 24.5 Å². The highest BCUT2D eigenvalue weighted by molar-refractivity contribution is 5.94. The van der Waals surface area contributed by atoms with E-state index in [1.165, 1.54) is 11.0 Å². The van der Waals surface area contributed by atoms with Crippen LogP contribution in [0.25, 0.3) is 0 Å². The summed E-state index contributed by atoms with van der Waals surface area (Å²) in [6.45, 7) is 5.38. The van der Waals surface area contributed by atoms with Crippen molar-refractivity contribution in [3.05, 3.63) is 30.1 Å². The summed E-state index contributed by atoms with van der Waals surface area (Å²) in [4.78, 5) is 13.4. The lowest BCUT2D eigenvalue weighted by Crippen LogP contribution is -2.38. The molecule has 1 aromatic carbocycles. The molecule has 1 aromatic rings. The first-order chi connectivity index (χ1) is 8.20. The summed E-state index contributed by atoms with van der Waals surface area (Å²) in [5.41, 5.74) is 0.346. The Morgan fingerprint density at radius 3 is 2.65 bits per heavy atom. The first-order valence-electron chi connectivity index (χ1n) is 5.96. The zero-order valence-electron chi connectivity index (χ0n) is 10.4. The molecule has 0 spiro atoms. The third-order valence-corrected chi connectivity index (χ3v) is 2.46. The summed E-state index contributed by atoms with van der Waals surface area (Å²) in [5, 5.41) is 3.03. The molecule has 0 aliphatic carbocycles. The molecule has 0 unspecified atom stereocenters. The monoisotopic (exact) mass is 238 g/mol. The van der Waals surface area contributed by atoms with Gasteiger partial charge in [0.2, 0.25) is 5.91 Å². The Hall–Kier alpha value is -1.42. The summed E-state index contributed by atoms with van der Waals surface area (Å²) in [6, 6.07) is 6.33. The van der Waals surface area contributed by atoms with E-state index in [4.69, 9.17) is 0 Å². The first-order valence-corrected chi connectivity index (χ1v) is 5.96. The molecule has 17 heavy (non-hydrogen) atoms. The molecule has 0 bridgehead atoms. The minimum absolute atomic E-state index is 0.106. The maximum Gasteiger partial charge on any atom is 0.241 e. The molecule has 0 aliphatic heterocycles. The van der Waals surface area contributed by atoms with Crippen LogP contribution in [0.5, 0.6) is 0 Å². The standard InChI is InChI=1S/C13H19FN2O/c1-3-9-15-10-13(17)16(4-2)12-8-6-5-7-11(12)14/h5-8,15H,3-4,9-10H2,1-2H3. The second-order valence-electron chi connectivity index (χ2n) is 3.77. The van der Waals surface area contributed by atoms with Gasteiger partial charge in [-0.1, -0.05) is 19.1 Å². The van der Waals surface area contributed by atoms with E-state index >= 15 is 0 Å². The quantitative estimate of drug-likeness (QED) is 0.770. The van der Waals surface area contributed by atoms with E-state index in [1.807, 2.05) is 13.8 Å². The highest BCUT2D eigenvalue weighted by atomic mass is 19.1. The van der Waals surface area contributed by atoms with Crippen molar-refractivity contribution in [3.8, 4) is 0 Å². The van der Waals surface area contributed by atoms with Crippen LogP contribution in [0.15, 0.2) is 24.3 Å². The van der Waals surface area contributed by atoms with Crippen LogP contribution in [0.3, 0.4) is 0 Å². The molecule has 1 amide bonds. The highest BCUT2D eigenvalue weighted by Gasteiger charge is 2.16. The van der Waals surface area contributed by atoms with E-state index in [2.05, 4.69) is 5.32 Å². The highest BCUT2D eigenvalue weighted by Crippen LogP contribution is 2.18. The molecule has 0 saturated carbocycles. The molecule has 3 nitrogen and oxygen atoms in total. The normalized spacial score (nSPS) is 10.3. The number of anilines is 1. The fourth-order valence-electron chi connectivity index (χ4n) is 1.62. The molecule has 4 heteroatoms. The molecular formula is C13H19FN2O. The van der Waals surface area contributed by atoms with Gasteiger partial charge in [0.05, 0.1) is 12.2 Å². The number of hydrogen-bond acceptors (Lipinski definition) is 2. The van der Waals surface area contributed by atoms with Crippen LogP contribution in [0, 0.1) is 5.82 Å². The summed E-state index contributed by atoms with van der Waals surface area (Å²) < 4.78 is 13.6. The first kappa shape index (κ1) is 13.6. The number of benzene rings is 1. The van der Waals surface area contributed by atoms with Gasteiger partial charge in [-0.05, 0) is 32.0 Å². The number of amides is 1. The van der Waals surface area contributed by atoms with Crippen molar-refractivity contribution in [2.45, 2.75) is 20.3 Å². The van der Waals surface area contributed by atoms with Crippen LogP contribution >= 0.6 is 0 Å². The van der Waals surface area contributed by atoms with Crippen LogP contribution in [-0.4, -0.2) is 25.5 Å². The smallest absolute Gasteiger partial charge is 0.241 e. The van der Waals surface area contributed by atoms with Gasteiger partial charge in [-0.2, -0.15) is 0 Å². The summed E-state index contributed by atoms with van der Waals surface area (Å²) in [7, 11) is 0. The van der Waals surface area contributed by atoms with Gasteiger partial charge >= 0.3 is 0 Å². The Morgan fingerprint density at radius 1 is 1.35 bits per heavy atom. The zero-order valence-corrected chi connectivity index (χ0v) is 10.4. The van der Waals surface area contributed by atoms with E-state index in [0.29, 0.717) is 12.2 Å². The largest absolute Gasteiger partial charge is 0.309 e. The molecule has 0 aromatic heterocycles. The van der Waals surface area contributed by atoms with Gasteiger partial charge in [-0.15, -0.1) is 0 Å². The van der Waals surface area contributed by atoms with Crippen molar-refractivity contribution in [1.82, 2.24) is 5.32 Å². The Balaban J connectivity index is 2.71. The zero-order chi connectivity index (χ0) is 12.7. The lowest BCUT2D eigenvalue weighted by molar-refractivity contribution is -0.117. The third-order valence-electron chi connectivity index (χ3n) is 2.46. The van der Waals surface area contributed by atoms with E-state index in [0.717, 1.165) is 13.0 Å². The number of carbonyl (C=O) groups is 1. The van der Waals surface area contributed by atoms with E-state index in [1.54, 1.807) is 18.2 Å². The maximum atomic E-state index is 13.6. The summed E-state index contributed by atoms with van der Waals surface area (Å²) in [6.07, 6.45) is 0.971. The molecule has 0 fully saturated rings. The second-order valence-corrected chi connectivity index (χ2v) is 3.77. The molecule has 0 aliphatic rings.